The molecular weight excluding hydrogens is 335 g/mol. The molecule has 1 N–H and O–H groups in total. The van der Waals surface area contributed by atoms with Gasteiger partial charge in [-0.15, -0.1) is 0 Å². The summed E-state index contributed by atoms with van der Waals surface area (Å²) < 4.78 is 33.6. The zero-order chi connectivity index (χ0) is 17.6. The van der Waals surface area contributed by atoms with Crippen molar-refractivity contribution in [2.45, 2.75) is 115 Å². The van der Waals surface area contributed by atoms with Crippen molar-refractivity contribution in [2.75, 3.05) is 0 Å². The summed E-state index contributed by atoms with van der Waals surface area (Å²) in [6, 6.07) is 0. The van der Waals surface area contributed by atoms with E-state index in [1.165, 1.54) is 0 Å². The van der Waals surface area contributed by atoms with E-state index in [-0.39, 0.29) is 35.7 Å². The van der Waals surface area contributed by atoms with E-state index in [1.54, 1.807) is 0 Å². The van der Waals surface area contributed by atoms with Crippen LogP contribution >= 0.6 is 0 Å². The fourth-order valence-corrected chi connectivity index (χ4v) is 3.82. The summed E-state index contributed by atoms with van der Waals surface area (Å²) in [5.74, 6) is 0. The Kier molecular flexibility index (Phi) is 19.5. The third kappa shape index (κ3) is 16.3. The number of rotatable bonds is 16. The van der Waals surface area contributed by atoms with Crippen molar-refractivity contribution < 1.29 is 47.6 Å². The van der Waals surface area contributed by atoms with E-state index >= 15 is 0 Å². The van der Waals surface area contributed by atoms with Gasteiger partial charge < -0.3 is 9.66 Å². The van der Waals surface area contributed by atoms with Gasteiger partial charge in [-0.25, -0.2) is 8.42 Å². The molecule has 0 aliphatic heterocycles. The van der Waals surface area contributed by atoms with Gasteiger partial charge in [0.2, 0.25) is 0 Å². The molecule has 6 heteroatoms. The van der Waals surface area contributed by atoms with Gasteiger partial charge in [0.1, 0.15) is 0 Å². The quantitative estimate of drug-likeness (QED) is 0.254. The molecule has 0 radical (unpaired) electrons. The summed E-state index contributed by atoms with van der Waals surface area (Å²) in [5.41, 5.74) is 0. The first-order valence-electron chi connectivity index (χ1n) is 9.54. The number of hydrogen-bond acceptors (Lipinski definition) is 4. The molecule has 0 heterocycles. The van der Waals surface area contributed by atoms with Crippen LogP contribution in [-0.2, 0) is 10.1 Å². The fourth-order valence-electron chi connectivity index (χ4n) is 2.91. The van der Waals surface area contributed by atoms with Crippen LogP contribution in [0.25, 0.3) is 0 Å². The Labute approximate surface area is 172 Å². The van der Waals surface area contributed by atoms with Crippen LogP contribution in [0.5, 0.6) is 0 Å². The minimum atomic E-state index is -4.13. The zero-order valence-electron chi connectivity index (χ0n) is 16.1. The molecule has 0 aromatic carbocycles. The first-order chi connectivity index (χ1) is 10.9. The van der Waals surface area contributed by atoms with Crippen molar-refractivity contribution in [3.63, 3.8) is 0 Å². The number of aliphatic hydroxyl groups excluding tert-OH is 1. The molecule has 2 unspecified atom stereocenters. The van der Waals surface area contributed by atoms with Crippen molar-refractivity contribution in [2.24, 2.45) is 0 Å². The third-order valence-electron chi connectivity index (χ3n) is 4.49. The van der Waals surface area contributed by atoms with Crippen LogP contribution < -0.4 is 29.6 Å². The molecule has 0 bridgehead atoms. The van der Waals surface area contributed by atoms with Crippen LogP contribution in [0.3, 0.4) is 0 Å². The van der Waals surface area contributed by atoms with Crippen LogP contribution in [0.2, 0.25) is 0 Å². The Hall–Kier alpha value is 0.870. The van der Waals surface area contributed by atoms with Gasteiger partial charge in [-0.1, -0.05) is 78.1 Å². The molecule has 0 fully saturated rings. The van der Waals surface area contributed by atoms with Crippen LogP contribution in [0.1, 0.15) is 104 Å². The van der Waals surface area contributed by atoms with Crippen molar-refractivity contribution >= 4 is 10.1 Å². The fraction of sp³-hybridized carbons (Fsp3) is 1.00. The molecule has 2 atom stereocenters. The molecular formula is C18H37NaO4S. The first-order valence-corrected chi connectivity index (χ1v) is 11.0. The molecule has 0 rings (SSSR count). The molecule has 0 aromatic heterocycles. The van der Waals surface area contributed by atoms with Gasteiger partial charge in [0.25, 0.3) is 0 Å². The van der Waals surface area contributed by atoms with Gasteiger partial charge in [0.15, 0.2) is 0 Å². The first kappa shape index (κ1) is 27.1. The Bertz CT molecular complexity index is 360. The predicted molar refractivity (Wildman–Crippen MR) is 95.5 cm³/mol. The Morgan fingerprint density at radius 1 is 0.750 bits per heavy atom. The summed E-state index contributed by atoms with van der Waals surface area (Å²) in [6.07, 6.45) is 12.9. The minimum absolute atomic E-state index is 0. The van der Waals surface area contributed by atoms with Crippen molar-refractivity contribution in [1.29, 1.82) is 0 Å². The maximum Gasteiger partial charge on any atom is 1.00 e. The molecule has 0 aromatic rings. The predicted octanol–water partition coefficient (Wildman–Crippen LogP) is 1.77. The number of hydrogen-bond donors (Lipinski definition) is 1. The van der Waals surface area contributed by atoms with Crippen LogP contribution in [0.15, 0.2) is 0 Å². The standard InChI is InChI=1S/C18H38O4S.Na/c1-3-5-13-17(19)14-11-9-7-8-10-12-16-18(15-6-4-2)23(20,21)22;/h17-19H,3-16H2,1-2H3,(H,20,21,22);/q;+1/p-1. The maximum absolute atomic E-state index is 11.2. The molecule has 0 saturated carbocycles. The number of aliphatic hydroxyl groups is 1. The summed E-state index contributed by atoms with van der Waals surface area (Å²) in [6.45, 7) is 4.14. The maximum atomic E-state index is 11.2. The van der Waals surface area contributed by atoms with Crippen molar-refractivity contribution in [3.05, 3.63) is 0 Å². The average Bonchev–Trinajstić information content (AvgIpc) is 2.49. The van der Waals surface area contributed by atoms with E-state index in [4.69, 9.17) is 0 Å². The Morgan fingerprint density at radius 3 is 1.62 bits per heavy atom. The minimum Gasteiger partial charge on any atom is -0.748 e. The van der Waals surface area contributed by atoms with Gasteiger partial charge in [0, 0.05) is 5.25 Å². The summed E-state index contributed by atoms with van der Waals surface area (Å²) in [7, 11) is -4.13. The summed E-state index contributed by atoms with van der Waals surface area (Å²) in [5, 5.41) is 9.06. The van der Waals surface area contributed by atoms with E-state index in [0.717, 1.165) is 77.0 Å². The van der Waals surface area contributed by atoms with E-state index in [2.05, 4.69) is 6.92 Å². The van der Waals surface area contributed by atoms with Crippen molar-refractivity contribution in [1.82, 2.24) is 0 Å². The normalized spacial score (nSPS) is 14.2. The van der Waals surface area contributed by atoms with Gasteiger partial charge >= 0.3 is 29.6 Å². The topological polar surface area (TPSA) is 77.4 Å². The van der Waals surface area contributed by atoms with Gasteiger partial charge in [-0.3, -0.25) is 0 Å². The van der Waals surface area contributed by atoms with Crippen LogP contribution in [0.4, 0.5) is 0 Å². The molecule has 0 aliphatic rings. The Morgan fingerprint density at radius 2 is 1.12 bits per heavy atom. The number of unbranched alkanes of at least 4 members (excludes halogenated alkanes) is 7. The van der Waals surface area contributed by atoms with Crippen LogP contribution in [0, 0.1) is 0 Å². The van der Waals surface area contributed by atoms with Gasteiger partial charge in [-0.05, 0) is 25.7 Å². The van der Waals surface area contributed by atoms with Gasteiger partial charge in [0.05, 0.1) is 16.2 Å². The molecule has 0 amide bonds. The zero-order valence-corrected chi connectivity index (χ0v) is 19.0. The summed E-state index contributed by atoms with van der Waals surface area (Å²) in [4.78, 5) is 0. The smallest absolute Gasteiger partial charge is 0.748 e. The second-order valence-corrected chi connectivity index (χ2v) is 8.40. The average molecular weight is 373 g/mol. The Balaban J connectivity index is 0. The van der Waals surface area contributed by atoms with Crippen LogP contribution in [-0.4, -0.2) is 29.4 Å². The molecule has 140 valence electrons. The largest absolute Gasteiger partial charge is 1.00 e. The SMILES string of the molecule is CCCCC(O)CCCCCCCCC(CCCC)S(=O)(=O)[O-].[Na+]. The molecule has 0 aliphatic carbocycles. The molecule has 0 saturated heterocycles. The van der Waals surface area contributed by atoms with Gasteiger partial charge in [-0.2, -0.15) is 0 Å². The second-order valence-electron chi connectivity index (χ2n) is 6.75. The molecule has 24 heavy (non-hydrogen) atoms. The van der Waals surface area contributed by atoms with E-state index in [0.29, 0.717) is 12.8 Å². The van der Waals surface area contributed by atoms with E-state index in [9.17, 15) is 18.1 Å². The van der Waals surface area contributed by atoms with E-state index < -0.39 is 15.4 Å². The third-order valence-corrected chi connectivity index (χ3v) is 5.78. The second kappa shape index (κ2) is 17.3. The monoisotopic (exact) mass is 372 g/mol. The molecule has 4 nitrogen and oxygen atoms in total. The van der Waals surface area contributed by atoms with Crippen molar-refractivity contribution in [3.8, 4) is 0 Å². The molecule has 0 spiro atoms. The summed E-state index contributed by atoms with van der Waals surface area (Å²) >= 11 is 0. The van der Waals surface area contributed by atoms with E-state index in [1.807, 2.05) is 6.92 Å².